The van der Waals surface area contributed by atoms with E-state index in [0.717, 1.165) is 29.9 Å². The van der Waals surface area contributed by atoms with Crippen LogP contribution in [0.25, 0.3) is 0 Å². The van der Waals surface area contributed by atoms with Gasteiger partial charge in [-0.25, -0.2) is 4.90 Å². The van der Waals surface area contributed by atoms with Crippen molar-refractivity contribution in [1.29, 1.82) is 0 Å². The van der Waals surface area contributed by atoms with Gasteiger partial charge in [-0.15, -0.1) is 0 Å². The first-order chi connectivity index (χ1) is 22.7. The molecule has 4 amide bonds. The number of ether oxygens (including phenoxy) is 1. The monoisotopic (exact) mass is 631 g/mol. The van der Waals surface area contributed by atoms with Crippen LogP contribution in [0.5, 0.6) is 5.75 Å². The normalized spacial score (nSPS) is 30.3. The summed E-state index contributed by atoms with van der Waals surface area (Å²) in [6.45, 7) is 6.57. The van der Waals surface area contributed by atoms with E-state index in [4.69, 9.17) is 4.74 Å². The van der Waals surface area contributed by atoms with Crippen LogP contribution in [0.4, 0.5) is 17.1 Å². The third-order valence-electron chi connectivity index (χ3n) is 11.3. The maximum atomic E-state index is 14.5. The summed E-state index contributed by atoms with van der Waals surface area (Å²) >= 11 is 0. The Bertz CT molecular complexity index is 1830. The number of carbonyl (C=O) groups excluding carboxylic acids is 4. The van der Waals surface area contributed by atoms with Crippen LogP contribution in [-0.4, -0.2) is 55.0 Å². The van der Waals surface area contributed by atoms with Crippen LogP contribution in [0.15, 0.2) is 84.4 Å². The van der Waals surface area contributed by atoms with Crippen molar-refractivity contribution in [2.75, 3.05) is 41.0 Å². The number of imide groups is 2. The second kappa shape index (κ2) is 10.9. The van der Waals surface area contributed by atoms with Crippen LogP contribution >= 0.6 is 0 Å². The Morgan fingerprint density at radius 3 is 2.17 bits per heavy atom. The molecule has 3 aliphatic heterocycles. The quantitative estimate of drug-likeness (QED) is 0.320. The van der Waals surface area contributed by atoms with Crippen LogP contribution in [0.3, 0.4) is 0 Å². The summed E-state index contributed by atoms with van der Waals surface area (Å²) in [7, 11) is 0. The Morgan fingerprint density at radius 2 is 1.47 bits per heavy atom. The zero-order valence-electron chi connectivity index (χ0n) is 26.5. The van der Waals surface area contributed by atoms with E-state index in [1.54, 1.807) is 30.3 Å². The minimum absolute atomic E-state index is 0.145. The molecule has 5 aliphatic rings. The number of rotatable bonds is 4. The lowest BCUT2D eigenvalue weighted by Gasteiger charge is -2.49. The smallest absolute Gasteiger partial charge is 0.241 e. The molecule has 3 heterocycles. The molecule has 1 saturated carbocycles. The highest BCUT2D eigenvalue weighted by molar-refractivity contribution is 6.25. The van der Waals surface area contributed by atoms with Gasteiger partial charge >= 0.3 is 0 Å². The van der Waals surface area contributed by atoms with E-state index in [0.29, 0.717) is 43.0 Å². The van der Waals surface area contributed by atoms with Crippen LogP contribution in [0.1, 0.15) is 36.8 Å². The van der Waals surface area contributed by atoms with E-state index in [-0.39, 0.29) is 29.4 Å². The average molecular weight is 632 g/mol. The van der Waals surface area contributed by atoms with Gasteiger partial charge in [-0.2, -0.15) is 0 Å². The molecule has 9 heteroatoms. The van der Waals surface area contributed by atoms with E-state index in [1.165, 1.54) is 9.80 Å². The Balaban J connectivity index is 1.19. The largest absolute Gasteiger partial charge is 0.508 e. The molecule has 2 aliphatic carbocycles. The molecule has 3 aromatic carbocycles. The fourth-order valence-electron chi connectivity index (χ4n) is 8.97. The van der Waals surface area contributed by atoms with Crippen molar-refractivity contribution in [2.24, 2.45) is 29.1 Å². The predicted molar refractivity (Wildman–Crippen MR) is 176 cm³/mol. The molecule has 4 fully saturated rings. The number of allylic oxidation sites excluding steroid dienone is 2. The number of amides is 4. The lowest BCUT2D eigenvalue weighted by molar-refractivity contribution is -0.131. The number of anilines is 3. The molecule has 0 bridgehead atoms. The lowest BCUT2D eigenvalue weighted by atomic mass is 9.51. The summed E-state index contributed by atoms with van der Waals surface area (Å²) in [4.78, 5) is 62.0. The van der Waals surface area contributed by atoms with Crippen molar-refractivity contribution >= 4 is 40.7 Å². The van der Waals surface area contributed by atoms with Gasteiger partial charge in [-0.3, -0.25) is 24.1 Å². The van der Waals surface area contributed by atoms with Crippen molar-refractivity contribution in [3.8, 4) is 5.75 Å². The summed E-state index contributed by atoms with van der Waals surface area (Å²) in [6, 6.07) is 21.9. The van der Waals surface area contributed by atoms with Crippen LogP contribution in [0, 0.1) is 36.0 Å². The highest BCUT2D eigenvalue weighted by atomic mass is 16.5. The molecule has 0 unspecified atom stereocenters. The third kappa shape index (κ3) is 4.32. The number of nitrogens with zero attached hydrogens (tertiary/aromatic N) is 3. The Labute approximate surface area is 273 Å². The number of hydrogen-bond acceptors (Lipinski definition) is 7. The Hall–Kier alpha value is -4.76. The lowest BCUT2D eigenvalue weighted by Crippen LogP contribution is -2.48. The molecule has 9 nitrogen and oxygen atoms in total. The van der Waals surface area contributed by atoms with Crippen LogP contribution in [0.2, 0.25) is 0 Å². The number of fused-ring (bicyclic) bond motifs is 4. The Kier molecular flexibility index (Phi) is 6.88. The zero-order chi connectivity index (χ0) is 32.6. The molecular formula is C38H37N3O6. The average Bonchev–Trinajstić information content (AvgIpc) is 3.46. The van der Waals surface area contributed by atoms with Gasteiger partial charge in [-0.05, 0) is 86.2 Å². The number of benzene rings is 3. The SMILES string of the molecule is Cc1cc([C@H]2C3=CC[C@@H]4C(=O)N(c5ccc(N6CCOCC6)cc5)C(=O)[C@@H]4[C@@H]3C[C@H]3C(=O)N(c4ccccc4)C(=O)[C@@]23C)ccc1O. The Morgan fingerprint density at radius 1 is 0.787 bits per heavy atom. The first-order valence-corrected chi connectivity index (χ1v) is 16.4. The van der Waals surface area contributed by atoms with E-state index >= 15 is 0 Å². The van der Waals surface area contributed by atoms with Crippen molar-refractivity contribution in [1.82, 2.24) is 0 Å². The van der Waals surface area contributed by atoms with Gasteiger partial charge in [-0.1, -0.05) is 42.0 Å². The van der Waals surface area contributed by atoms with Crippen molar-refractivity contribution < 1.29 is 29.0 Å². The summed E-state index contributed by atoms with van der Waals surface area (Å²) in [5.41, 5.74) is 3.36. The topological polar surface area (TPSA) is 107 Å². The highest BCUT2D eigenvalue weighted by Crippen LogP contribution is 2.63. The predicted octanol–water partition coefficient (Wildman–Crippen LogP) is 4.97. The zero-order valence-corrected chi connectivity index (χ0v) is 26.5. The number of phenols is 1. The summed E-state index contributed by atoms with van der Waals surface area (Å²) in [6.07, 6.45) is 2.73. The summed E-state index contributed by atoms with van der Waals surface area (Å²) in [5, 5.41) is 10.4. The van der Waals surface area contributed by atoms with Crippen molar-refractivity contribution in [2.45, 2.75) is 32.6 Å². The molecule has 0 aromatic heterocycles. The minimum Gasteiger partial charge on any atom is -0.508 e. The first kappa shape index (κ1) is 29.6. The molecule has 240 valence electrons. The second-order valence-corrected chi connectivity index (χ2v) is 13.7. The van der Waals surface area contributed by atoms with Gasteiger partial charge in [0.05, 0.1) is 47.8 Å². The van der Waals surface area contributed by atoms with Crippen molar-refractivity contribution in [3.05, 3.63) is 95.6 Å². The number of morpholine rings is 1. The number of aromatic hydroxyl groups is 1. The number of para-hydroxylation sites is 1. The van der Waals surface area contributed by atoms with Crippen molar-refractivity contribution in [3.63, 3.8) is 0 Å². The summed E-state index contributed by atoms with van der Waals surface area (Å²) < 4.78 is 5.47. The van der Waals surface area contributed by atoms with E-state index < -0.39 is 35.0 Å². The number of carbonyl (C=O) groups is 4. The fraction of sp³-hybridized carbons (Fsp3) is 0.368. The molecular weight excluding hydrogens is 594 g/mol. The minimum atomic E-state index is -1.12. The highest BCUT2D eigenvalue weighted by Gasteiger charge is 2.67. The second-order valence-electron chi connectivity index (χ2n) is 13.7. The number of hydrogen-bond donors (Lipinski definition) is 1. The van der Waals surface area contributed by atoms with Gasteiger partial charge in [0.2, 0.25) is 23.6 Å². The van der Waals surface area contributed by atoms with E-state index in [1.807, 2.05) is 56.3 Å². The molecule has 3 saturated heterocycles. The summed E-state index contributed by atoms with van der Waals surface area (Å²) in [5.74, 6) is -3.67. The van der Waals surface area contributed by atoms with E-state index in [2.05, 4.69) is 11.0 Å². The van der Waals surface area contributed by atoms with Crippen LogP contribution < -0.4 is 14.7 Å². The van der Waals surface area contributed by atoms with Gasteiger partial charge in [0.1, 0.15) is 5.75 Å². The molecule has 8 rings (SSSR count). The maximum absolute atomic E-state index is 14.5. The van der Waals surface area contributed by atoms with Gasteiger partial charge in [0.25, 0.3) is 0 Å². The fourth-order valence-corrected chi connectivity index (χ4v) is 8.97. The van der Waals surface area contributed by atoms with Crippen LogP contribution in [-0.2, 0) is 23.9 Å². The van der Waals surface area contributed by atoms with Gasteiger partial charge in [0, 0.05) is 24.7 Å². The molecule has 0 spiro atoms. The molecule has 3 aromatic rings. The third-order valence-corrected chi connectivity index (χ3v) is 11.3. The maximum Gasteiger partial charge on any atom is 0.241 e. The standard InChI is InChI=1S/C38H37N3O6/c1-22-20-23(8-15-31(22)42)33-27-13-14-28-32(29(27)21-30-35(44)41(37(46)38(30,33)2)25-6-4-3-5-7-25)36(45)40(34(28)43)26-11-9-24(10-12-26)39-16-18-47-19-17-39/h3-13,15,20,28-30,32-33,42H,14,16-19,21H2,1-2H3/t28-,29+,30-,32-,33-,38+/m0/s1. The van der Waals surface area contributed by atoms with Gasteiger partial charge < -0.3 is 14.7 Å². The molecule has 6 atom stereocenters. The molecule has 47 heavy (non-hydrogen) atoms. The van der Waals surface area contributed by atoms with Gasteiger partial charge in [0.15, 0.2) is 0 Å². The molecule has 0 radical (unpaired) electrons. The van der Waals surface area contributed by atoms with E-state index in [9.17, 15) is 24.3 Å². The number of phenolic OH excluding ortho intramolecular Hbond substituents is 1. The number of aryl methyl sites for hydroxylation is 1. The first-order valence-electron chi connectivity index (χ1n) is 16.4. The molecule has 1 N–H and O–H groups in total.